The second kappa shape index (κ2) is 3.11. The standard InChI is InChI=1S/C11H13NS/c1-8-3-4-9-6-10(7-13)12(2)11(9)5-8/h3-6,13H,7H2,1-2H3. The Morgan fingerprint density at radius 1 is 1.31 bits per heavy atom. The van der Waals surface area contributed by atoms with Crippen molar-refractivity contribution in [2.45, 2.75) is 12.7 Å². The average molecular weight is 191 g/mol. The highest BCUT2D eigenvalue weighted by Crippen LogP contribution is 2.20. The number of benzene rings is 1. The lowest BCUT2D eigenvalue weighted by atomic mass is 10.2. The summed E-state index contributed by atoms with van der Waals surface area (Å²) >= 11 is 4.30. The Balaban J connectivity index is 2.77. The van der Waals surface area contributed by atoms with Crippen molar-refractivity contribution in [1.29, 1.82) is 0 Å². The maximum absolute atomic E-state index is 4.30. The van der Waals surface area contributed by atoms with Crippen LogP contribution in [0.1, 0.15) is 11.3 Å². The molecule has 0 saturated heterocycles. The fourth-order valence-electron chi connectivity index (χ4n) is 1.65. The Kier molecular flexibility index (Phi) is 2.08. The minimum absolute atomic E-state index is 0.796. The van der Waals surface area contributed by atoms with Crippen molar-refractivity contribution in [3.8, 4) is 0 Å². The lowest BCUT2D eigenvalue weighted by molar-refractivity contribution is 0.910. The molecule has 0 atom stereocenters. The molecule has 13 heavy (non-hydrogen) atoms. The van der Waals surface area contributed by atoms with E-state index >= 15 is 0 Å². The zero-order chi connectivity index (χ0) is 9.42. The largest absolute Gasteiger partial charge is 0.347 e. The van der Waals surface area contributed by atoms with E-state index in [9.17, 15) is 0 Å². The van der Waals surface area contributed by atoms with Crippen molar-refractivity contribution < 1.29 is 0 Å². The van der Waals surface area contributed by atoms with E-state index in [1.165, 1.54) is 22.2 Å². The molecule has 0 amide bonds. The highest BCUT2D eigenvalue weighted by atomic mass is 32.1. The molecule has 68 valence electrons. The fraction of sp³-hybridized carbons (Fsp3) is 0.273. The van der Waals surface area contributed by atoms with Gasteiger partial charge in [0, 0.05) is 24.0 Å². The van der Waals surface area contributed by atoms with Gasteiger partial charge in [-0.15, -0.1) is 0 Å². The Bertz CT molecular complexity index is 443. The monoisotopic (exact) mass is 191 g/mol. The van der Waals surface area contributed by atoms with E-state index in [0.717, 1.165) is 5.75 Å². The fourth-order valence-corrected chi connectivity index (χ4v) is 1.95. The Morgan fingerprint density at radius 3 is 2.77 bits per heavy atom. The van der Waals surface area contributed by atoms with Crippen LogP contribution in [0.4, 0.5) is 0 Å². The summed E-state index contributed by atoms with van der Waals surface area (Å²) in [6.07, 6.45) is 0. The lowest BCUT2D eigenvalue weighted by Crippen LogP contribution is -1.92. The molecule has 0 bridgehead atoms. The first-order valence-electron chi connectivity index (χ1n) is 4.38. The van der Waals surface area contributed by atoms with E-state index in [1.54, 1.807) is 0 Å². The van der Waals surface area contributed by atoms with Crippen molar-refractivity contribution in [1.82, 2.24) is 4.57 Å². The van der Waals surface area contributed by atoms with E-state index < -0.39 is 0 Å². The SMILES string of the molecule is Cc1ccc2cc(CS)n(C)c2c1. The van der Waals surface area contributed by atoms with Gasteiger partial charge in [-0.3, -0.25) is 0 Å². The van der Waals surface area contributed by atoms with Crippen molar-refractivity contribution in [2.75, 3.05) is 0 Å². The number of thiol groups is 1. The molecule has 2 heteroatoms. The zero-order valence-electron chi connectivity index (χ0n) is 7.91. The average Bonchev–Trinajstić information content (AvgIpc) is 2.44. The number of fused-ring (bicyclic) bond motifs is 1. The number of aromatic nitrogens is 1. The first-order valence-corrected chi connectivity index (χ1v) is 5.01. The van der Waals surface area contributed by atoms with Crippen molar-refractivity contribution in [3.05, 3.63) is 35.5 Å². The van der Waals surface area contributed by atoms with Crippen LogP contribution in [-0.4, -0.2) is 4.57 Å². The number of rotatable bonds is 1. The summed E-state index contributed by atoms with van der Waals surface area (Å²) in [4.78, 5) is 0. The molecule has 2 rings (SSSR count). The van der Waals surface area contributed by atoms with Crippen molar-refractivity contribution in [3.63, 3.8) is 0 Å². The molecule has 1 aromatic carbocycles. The molecular weight excluding hydrogens is 178 g/mol. The van der Waals surface area contributed by atoms with Gasteiger partial charge in [-0.2, -0.15) is 12.6 Å². The number of hydrogen-bond donors (Lipinski definition) is 1. The Morgan fingerprint density at radius 2 is 2.08 bits per heavy atom. The van der Waals surface area contributed by atoms with Crippen LogP contribution in [0.5, 0.6) is 0 Å². The molecule has 0 unspecified atom stereocenters. The van der Waals surface area contributed by atoms with Crippen LogP contribution in [-0.2, 0) is 12.8 Å². The molecule has 0 radical (unpaired) electrons. The van der Waals surface area contributed by atoms with Gasteiger partial charge in [0.05, 0.1) is 0 Å². The van der Waals surface area contributed by atoms with Gasteiger partial charge in [-0.1, -0.05) is 12.1 Å². The maximum Gasteiger partial charge on any atom is 0.0482 e. The molecule has 1 aromatic heterocycles. The van der Waals surface area contributed by atoms with Crippen LogP contribution in [0.15, 0.2) is 24.3 Å². The topological polar surface area (TPSA) is 4.93 Å². The summed E-state index contributed by atoms with van der Waals surface area (Å²) in [7, 11) is 2.09. The summed E-state index contributed by atoms with van der Waals surface area (Å²) in [5, 5.41) is 1.30. The van der Waals surface area contributed by atoms with Crippen LogP contribution in [0.25, 0.3) is 10.9 Å². The van der Waals surface area contributed by atoms with Crippen molar-refractivity contribution >= 4 is 23.5 Å². The Hall–Kier alpha value is -0.890. The van der Waals surface area contributed by atoms with Crippen LogP contribution < -0.4 is 0 Å². The van der Waals surface area contributed by atoms with E-state index in [4.69, 9.17) is 0 Å². The summed E-state index contributed by atoms with van der Waals surface area (Å²) in [6.45, 7) is 2.12. The first-order chi connectivity index (χ1) is 6.22. The summed E-state index contributed by atoms with van der Waals surface area (Å²) in [5.74, 6) is 0.796. The molecule has 1 nitrogen and oxygen atoms in total. The molecule has 0 fully saturated rings. The molecule has 0 aliphatic heterocycles. The predicted molar refractivity (Wildman–Crippen MR) is 60.3 cm³/mol. The van der Waals surface area contributed by atoms with Gasteiger partial charge in [0.2, 0.25) is 0 Å². The summed E-state index contributed by atoms with van der Waals surface area (Å²) in [5.41, 5.74) is 3.87. The third-order valence-electron chi connectivity index (χ3n) is 2.46. The third kappa shape index (κ3) is 1.35. The summed E-state index contributed by atoms with van der Waals surface area (Å²) < 4.78 is 2.20. The van der Waals surface area contributed by atoms with Gasteiger partial charge >= 0.3 is 0 Å². The van der Waals surface area contributed by atoms with Crippen LogP contribution in [0.2, 0.25) is 0 Å². The van der Waals surface area contributed by atoms with Gasteiger partial charge in [0.1, 0.15) is 0 Å². The highest BCUT2D eigenvalue weighted by molar-refractivity contribution is 7.79. The molecule has 0 spiro atoms. The van der Waals surface area contributed by atoms with Gasteiger partial charge in [-0.05, 0) is 30.0 Å². The van der Waals surface area contributed by atoms with E-state index in [-0.39, 0.29) is 0 Å². The maximum atomic E-state index is 4.30. The highest BCUT2D eigenvalue weighted by Gasteiger charge is 2.03. The minimum Gasteiger partial charge on any atom is -0.347 e. The number of nitrogens with zero attached hydrogens (tertiary/aromatic N) is 1. The van der Waals surface area contributed by atoms with Gasteiger partial charge in [0.15, 0.2) is 0 Å². The van der Waals surface area contributed by atoms with Gasteiger partial charge in [0.25, 0.3) is 0 Å². The Labute approximate surface area is 83.8 Å². The second-order valence-electron chi connectivity index (χ2n) is 3.42. The van der Waals surface area contributed by atoms with E-state index in [1.807, 2.05) is 0 Å². The predicted octanol–water partition coefficient (Wildman–Crippen LogP) is 2.92. The zero-order valence-corrected chi connectivity index (χ0v) is 8.81. The molecule has 0 aliphatic carbocycles. The number of aryl methyl sites for hydroxylation is 2. The van der Waals surface area contributed by atoms with Crippen LogP contribution >= 0.6 is 12.6 Å². The molecule has 2 aromatic rings. The second-order valence-corrected chi connectivity index (χ2v) is 3.73. The van der Waals surface area contributed by atoms with E-state index in [0.29, 0.717) is 0 Å². The first kappa shape index (κ1) is 8.70. The van der Waals surface area contributed by atoms with Gasteiger partial charge in [-0.25, -0.2) is 0 Å². The minimum atomic E-state index is 0.796. The molecular formula is C11H13NS. The van der Waals surface area contributed by atoms with Gasteiger partial charge < -0.3 is 4.57 Å². The quantitative estimate of drug-likeness (QED) is 0.661. The van der Waals surface area contributed by atoms with Crippen LogP contribution in [0.3, 0.4) is 0 Å². The molecule has 0 saturated carbocycles. The third-order valence-corrected chi connectivity index (χ3v) is 2.79. The molecule has 0 aliphatic rings. The lowest BCUT2D eigenvalue weighted by Gasteiger charge is -2.00. The normalized spacial score (nSPS) is 11.0. The van der Waals surface area contributed by atoms with Crippen LogP contribution in [0, 0.1) is 6.92 Å². The number of hydrogen-bond acceptors (Lipinski definition) is 1. The smallest absolute Gasteiger partial charge is 0.0482 e. The van der Waals surface area contributed by atoms with E-state index in [2.05, 4.69) is 55.4 Å². The molecule has 0 N–H and O–H groups in total. The summed E-state index contributed by atoms with van der Waals surface area (Å²) in [6, 6.07) is 8.71. The van der Waals surface area contributed by atoms with Crippen molar-refractivity contribution in [2.24, 2.45) is 7.05 Å². The molecule has 1 heterocycles.